The summed E-state index contributed by atoms with van der Waals surface area (Å²) in [5, 5.41) is 17.3. The third-order valence-corrected chi connectivity index (χ3v) is 7.64. The summed E-state index contributed by atoms with van der Waals surface area (Å²) in [7, 11) is 1.71. The van der Waals surface area contributed by atoms with Crippen molar-refractivity contribution in [3.63, 3.8) is 0 Å². The van der Waals surface area contributed by atoms with E-state index in [9.17, 15) is 14.4 Å². The molecule has 0 unspecified atom stereocenters. The number of carbonyl (C=O) groups is 3. The first-order valence-electron chi connectivity index (χ1n) is 9.96. The minimum atomic E-state index is -0.167. The molecule has 0 radical (unpaired) electrons. The molecule has 0 aliphatic heterocycles. The number of nitrogens with one attached hydrogen (secondary N) is 2. The number of carbonyl (C=O) groups excluding carboxylic acids is 3. The van der Waals surface area contributed by atoms with Crippen LogP contribution in [0.5, 0.6) is 0 Å². The molecule has 0 spiro atoms. The SMILES string of the molecule is CC(=O)c1ccc(NC(=O)CSc2nc3ccc(NC(=O)CSc4nnnn4C)cc3s2)cc1. The quantitative estimate of drug-likeness (QED) is 0.255. The summed E-state index contributed by atoms with van der Waals surface area (Å²) in [5.41, 5.74) is 2.69. The second kappa shape index (κ2) is 10.8. The van der Waals surface area contributed by atoms with Gasteiger partial charge in [-0.25, -0.2) is 9.67 Å². The minimum absolute atomic E-state index is 0.0228. The molecule has 34 heavy (non-hydrogen) atoms. The van der Waals surface area contributed by atoms with Crippen LogP contribution in [0, 0.1) is 0 Å². The summed E-state index contributed by atoms with van der Waals surface area (Å²) in [6.07, 6.45) is 0. The Hall–Kier alpha value is -3.29. The van der Waals surface area contributed by atoms with Gasteiger partial charge in [0.1, 0.15) is 0 Å². The van der Waals surface area contributed by atoms with Crippen LogP contribution < -0.4 is 10.6 Å². The molecule has 0 aliphatic carbocycles. The van der Waals surface area contributed by atoms with Gasteiger partial charge in [0.25, 0.3) is 0 Å². The molecule has 0 bridgehead atoms. The van der Waals surface area contributed by atoms with Gasteiger partial charge in [0.15, 0.2) is 10.1 Å². The number of hydrogen-bond donors (Lipinski definition) is 2. The Morgan fingerprint density at radius 2 is 1.65 bits per heavy atom. The maximum Gasteiger partial charge on any atom is 0.234 e. The molecule has 2 N–H and O–H groups in total. The summed E-state index contributed by atoms with van der Waals surface area (Å²) >= 11 is 4.04. The number of hydrogen-bond acceptors (Lipinski definition) is 10. The number of ketones is 1. The number of rotatable bonds is 9. The van der Waals surface area contributed by atoms with E-state index in [4.69, 9.17) is 0 Å². The molecule has 2 aromatic heterocycles. The Labute approximate surface area is 206 Å². The van der Waals surface area contributed by atoms with Gasteiger partial charge in [-0.15, -0.1) is 16.4 Å². The van der Waals surface area contributed by atoms with Gasteiger partial charge in [0.05, 0.1) is 21.7 Å². The lowest BCUT2D eigenvalue weighted by molar-refractivity contribution is -0.114. The fourth-order valence-electron chi connectivity index (χ4n) is 2.83. The fourth-order valence-corrected chi connectivity index (χ4v) is 5.38. The maximum atomic E-state index is 12.3. The van der Waals surface area contributed by atoms with E-state index in [0.29, 0.717) is 22.1 Å². The molecular weight excluding hydrogens is 494 g/mol. The summed E-state index contributed by atoms with van der Waals surface area (Å²) in [6, 6.07) is 12.3. The average Bonchev–Trinajstić information content (AvgIpc) is 3.41. The zero-order chi connectivity index (χ0) is 24.1. The van der Waals surface area contributed by atoms with Gasteiger partial charge in [-0.1, -0.05) is 23.5 Å². The van der Waals surface area contributed by atoms with Crippen LogP contribution in [0.1, 0.15) is 17.3 Å². The summed E-state index contributed by atoms with van der Waals surface area (Å²) in [6.45, 7) is 1.50. The molecule has 2 heterocycles. The lowest BCUT2D eigenvalue weighted by Crippen LogP contribution is -2.14. The third kappa shape index (κ3) is 6.18. The highest BCUT2D eigenvalue weighted by atomic mass is 32.2. The summed E-state index contributed by atoms with van der Waals surface area (Å²) in [4.78, 5) is 40.4. The van der Waals surface area contributed by atoms with Gasteiger partial charge in [0.2, 0.25) is 17.0 Å². The number of Topliss-reactive ketones (excluding diaryl/α,β-unsaturated/α-hetero) is 1. The van der Waals surface area contributed by atoms with Crippen molar-refractivity contribution < 1.29 is 14.4 Å². The van der Waals surface area contributed by atoms with Gasteiger partial charge >= 0.3 is 0 Å². The van der Waals surface area contributed by atoms with Crippen molar-refractivity contribution in [3.8, 4) is 0 Å². The van der Waals surface area contributed by atoms with Crippen LogP contribution in [0.4, 0.5) is 11.4 Å². The van der Waals surface area contributed by atoms with E-state index in [1.165, 1.54) is 46.5 Å². The maximum absolute atomic E-state index is 12.3. The highest BCUT2D eigenvalue weighted by molar-refractivity contribution is 8.01. The Morgan fingerprint density at radius 1 is 0.971 bits per heavy atom. The molecule has 0 saturated heterocycles. The molecule has 4 rings (SSSR count). The second-order valence-electron chi connectivity index (χ2n) is 7.05. The lowest BCUT2D eigenvalue weighted by Gasteiger charge is -2.04. The Morgan fingerprint density at radius 3 is 2.32 bits per heavy atom. The Bertz CT molecular complexity index is 1350. The van der Waals surface area contributed by atoms with Gasteiger partial charge in [-0.3, -0.25) is 14.4 Å². The number of thioether (sulfide) groups is 2. The zero-order valence-electron chi connectivity index (χ0n) is 18.1. The number of amides is 2. The molecule has 0 atom stereocenters. The third-order valence-electron chi connectivity index (χ3n) is 4.47. The summed E-state index contributed by atoms with van der Waals surface area (Å²) in [5.74, 6) is 0.0301. The molecule has 2 amide bonds. The van der Waals surface area contributed by atoms with Crippen molar-refractivity contribution in [1.29, 1.82) is 0 Å². The standard InChI is InChI=1S/C21H19N7O3S3/c1-12(29)13-3-5-14(6-4-13)22-19(31)11-33-21-24-16-8-7-15(9-17(16)34-21)23-18(30)10-32-20-25-26-27-28(20)2/h3-9H,10-11H2,1-2H3,(H,22,31)(H,23,30). The second-order valence-corrected chi connectivity index (χ2v) is 10.3. The van der Waals surface area contributed by atoms with Gasteiger partial charge in [0, 0.05) is 24.0 Å². The van der Waals surface area contributed by atoms with Crippen LogP contribution in [0.25, 0.3) is 10.2 Å². The molecule has 4 aromatic rings. The number of aryl methyl sites for hydroxylation is 1. The molecule has 0 aliphatic rings. The van der Waals surface area contributed by atoms with Crippen LogP contribution >= 0.6 is 34.9 Å². The minimum Gasteiger partial charge on any atom is -0.325 e. The predicted octanol–water partition coefficient (Wildman–Crippen LogP) is 3.48. The van der Waals surface area contributed by atoms with E-state index >= 15 is 0 Å². The average molecular weight is 514 g/mol. The van der Waals surface area contributed by atoms with Crippen molar-refractivity contribution in [3.05, 3.63) is 48.0 Å². The number of fused-ring (bicyclic) bond motifs is 1. The van der Waals surface area contributed by atoms with E-state index in [1.807, 2.05) is 12.1 Å². The first-order chi connectivity index (χ1) is 16.4. The predicted molar refractivity (Wildman–Crippen MR) is 134 cm³/mol. The largest absolute Gasteiger partial charge is 0.325 e. The first kappa shape index (κ1) is 23.9. The van der Waals surface area contributed by atoms with Gasteiger partial charge < -0.3 is 10.6 Å². The summed E-state index contributed by atoms with van der Waals surface area (Å²) < 4.78 is 3.17. The van der Waals surface area contributed by atoms with E-state index in [-0.39, 0.29) is 29.1 Å². The normalized spacial score (nSPS) is 10.9. The van der Waals surface area contributed by atoms with E-state index in [1.54, 1.807) is 37.4 Å². The molecule has 0 fully saturated rings. The number of nitrogens with zero attached hydrogens (tertiary/aromatic N) is 5. The van der Waals surface area contributed by atoms with Crippen LogP contribution in [-0.4, -0.2) is 54.3 Å². The number of tetrazole rings is 1. The molecule has 0 saturated carbocycles. The molecular formula is C21H19N7O3S3. The van der Waals surface area contributed by atoms with Crippen LogP contribution in [-0.2, 0) is 16.6 Å². The smallest absolute Gasteiger partial charge is 0.234 e. The van der Waals surface area contributed by atoms with Crippen LogP contribution in [0.3, 0.4) is 0 Å². The number of benzene rings is 2. The van der Waals surface area contributed by atoms with E-state index in [0.717, 1.165) is 14.6 Å². The Balaban J connectivity index is 1.30. The molecule has 2 aromatic carbocycles. The van der Waals surface area contributed by atoms with Crippen LogP contribution in [0.2, 0.25) is 0 Å². The molecule has 174 valence electrons. The van der Waals surface area contributed by atoms with Crippen molar-refractivity contribution >= 4 is 74.0 Å². The fraction of sp³-hybridized carbons (Fsp3) is 0.190. The van der Waals surface area contributed by atoms with Crippen LogP contribution in [0.15, 0.2) is 52.0 Å². The molecule has 13 heteroatoms. The molecule has 10 nitrogen and oxygen atoms in total. The van der Waals surface area contributed by atoms with Crippen molar-refractivity contribution in [2.24, 2.45) is 7.05 Å². The number of anilines is 2. The van der Waals surface area contributed by atoms with Gasteiger partial charge in [-0.05, 0) is 59.8 Å². The topological polar surface area (TPSA) is 132 Å². The Kier molecular flexibility index (Phi) is 7.55. The number of thiazole rings is 1. The monoisotopic (exact) mass is 513 g/mol. The van der Waals surface area contributed by atoms with Crippen molar-refractivity contribution in [1.82, 2.24) is 25.2 Å². The first-order valence-corrected chi connectivity index (χ1v) is 12.8. The van der Waals surface area contributed by atoms with Crippen molar-refractivity contribution in [2.75, 3.05) is 22.1 Å². The van der Waals surface area contributed by atoms with E-state index < -0.39 is 0 Å². The van der Waals surface area contributed by atoms with E-state index in [2.05, 4.69) is 31.1 Å². The highest BCUT2D eigenvalue weighted by Gasteiger charge is 2.11. The number of aromatic nitrogens is 5. The highest BCUT2D eigenvalue weighted by Crippen LogP contribution is 2.31. The van der Waals surface area contributed by atoms with Crippen molar-refractivity contribution in [2.45, 2.75) is 16.4 Å². The zero-order valence-corrected chi connectivity index (χ0v) is 20.6. The lowest BCUT2D eigenvalue weighted by atomic mass is 10.1. The van der Waals surface area contributed by atoms with Gasteiger partial charge in [-0.2, -0.15) is 0 Å².